The zero-order valence-electron chi connectivity index (χ0n) is 10.5. The SMILES string of the molecule is CC(C)C1NC(=O)CN(C2CC=CCC2)C1=O. The molecule has 2 aliphatic rings. The van der Waals surface area contributed by atoms with Gasteiger partial charge in [0.2, 0.25) is 11.8 Å². The summed E-state index contributed by atoms with van der Waals surface area (Å²) in [6, 6.07) is -0.137. The first-order valence-corrected chi connectivity index (χ1v) is 6.34. The minimum absolute atomic E-state index is 0.0298. The maximum atomic E-state index is 12.3. The normalized spacial score (nSPS) is 29.7. The molecule has 1 aliphatic carbocycles. The lowest BCUT2D eigenvalue weighted by atomic mass is 9.95. The zero-order chi connectivity index (χ0) is 12.4. The van der Waals surface area contributed by atoms with Gasteiger partial charge in [-0.15, -0.1) is 0 Å². The fourth-order valence-corrected chi connectivity index (χ4v) is 2.51. The summed E-state index contributed by atoms with van der Waals surface area (Å²) in [5.41, 5.74) is 0. The van der Waals surface area contributed by atoms with Gasteiger partial charge in [0.25, 0.3) is 0 Å². The molecule has 4 heteroatoms. The Balaban J connectivity index is 2.12. The molecule has 1 heterocycles. The molecule has 2 amide bonds. The van der Waals surface area contributed by atoms with E-state index in [1.807, 2.05) is 13.8 Å². The minimum atomic E-state index is -0.345. The minimum Gasteiger partial charge on any atom is -0.343 e. The van der Waals surface area contributed by atoms with Crippen molar-refractivity contribution in [1.29, 1.82) is 0 Å². The lowest BCUT2D eigenvalue weighted by Gasteiger charge is -2.39. The lowest BCUT2D eigenvalue weighted by Crippen LogP contribution is -2.62. The Morgan fingerprint density at radius 2 is 2.12 bits per heavy atom. The molecule has 1 saturated heterocycles. The highest BCUT2D eigenvalue weighted by Gasteiger charge is 2.37. The average Bonchev–Trinajstić information content (AvgIpc) is 2.32. The van der Waals surface area contributed by atoms with E-state index in [-0.39, 0.29) is 36.4 Å². The number of rotatable bonds is 2. The highest BCUT2D eigenvalue weighted by Crippen LogP contribution is 2.21. The van der Waals surface area contributed by atoms with Crippen LogP contribution in [0.2, 0.25) is 0 Å². The number of hydrogen-bond acceptors (Lipinski definition) is 2. The van der Waals surface area contributed by atoms with Crippen molar-refractivity contribution in [3.05, 3.63) is 12.2 Å². The molecule has 0 spiro atoms. The summed E-state index contributed by atoms with van der Waals surface area (Å²) < 4.78 is 0. The summed E-state index contributed by atoms with van der Waals surface area (Å²) in [6.07, 6.45) is 7.11. The van der Waals surface area contributed by atoms with Gasteiger partial charge in [0.15, 0.2) is 0 Å². The third-order valence-corrected chi connectivity index (χ3v) is 3.53. The van der Waals surface area contributed by atoms with Crippen LogP contribution < -0.4 is 5.32 Å². The molecule has 17 heavy (non-hydrogen) atoms. The van der Waals surface area contributed by atoms with Gasteiger partial charge >= 0.3 is 0 Å². The number of nitrogens with zero attached hydrogens (tertiary/aromatic N) is 1. The number of allylic oxidation sites excluding steroid dienone is 1. The molecule has 0 radical (unpaired) electrons. The van der Waals surface area contributed by atoms with Crippen molar-refractivity contribution < 1.29 is 9.59 Å². The number of carbonyl (C=O) groups excluding carboxylic acids is 2. The third-order valence-electron chi connectivity index (χ3n) is 3.53. The number of piperazine rings is 1. The summed E-state index contributed by atoms with van der Waals surface area (Å²) in [6.45, 7) is 4.15. The van der Waals surface area contributed by atoms with Gasteiger partial charge in [0.1, 0.15) is 6.04 Å². The highest BCUT2D eigenvalue weighted by molar-refractivity contribution is 5.95. The zero-order valence-corrected chi connectivity index (χ0v) is 10.5. The fourth-order valence-electron chi connectivity index (χ4n) is 2.51. The Bertz CT molecular complexity index is 349. The Kier molecular flexibility index (Phi) is 3.50. The summed E-state index contributed by atoms with van der Waals surface area (Å²) in [5.74, 6) is 0.200. The van der Waals surface area contributed by atoms with Crippen molar-refractivity contribution >= 4 is 11.8 Å². The van der Waals surface area contributed by atoms with E-state index in [0.29, 0.717) is 0 Å². The van der Waals surface area contributed by atoms with Crippen LogP contribution in [-0.4, -0.2) is 35.3 Å². The predicted octanol–water partition coefficient (Wildman–Crippen LogP) is 1.08. The molecular weight excluding hydrogens is 216 g/mol. The summed E-state index contributed by atoms with van der Waals surface area (Å²) in [4.78, 5) is 25.7. The van der Waals surface area contributed by atoms with Crippen LogP contribution in [0.3, 0.4) is 0 Å². The van der Waals surface area contributed by atoms with E-state index in [1.165, 1.54) is 0 Å². The van der Waals surface area contributed by atoms with Crippen molar-refractivity contribution in [3.63, 3.8) is 0 Å². The van der Waals surface area contributed by atoms with E-state index in [0.717, 1.165) is 19.3 Å². The number of hydrogen-bond donors (Lipinski definition) is 1. The summed E-state index contributed by atoms with van der Waals surface area (Å²) in [5, 5.41) is 2.79. The van der Waals surface area contributed by atoms with Gasteiger partial charge < -0.3 is 10.2 Å². The van der Waals surface area contributed by atoms with E-state index in [1.54, 1.807) is 4.90 Å². The molecule has 0 aromatic carbocycles. The molecule has 1 aliphatic heterocycles. The van der Waals surface area contributed by atoms with Crippen LogP contribution in [0.4, 0.5) is 0 Å². The van der Waals surface area contributed by atoms with Gasteiger partial charge in [0, 0.05) is 6.04 Å². The number of nitrogens with one attached hydrogen (secondary N) is 1. The fraction of sp³-hybridized carbons (Fsp3) is 0.692. The molecule has 0 saturated carbocycles. The Hall–Kier alpha value is -1.32. The molecule has 2 unspecified atom stereocenters. The Labute approximate surface area is 102 Å². The molecule has 4 nitrogen and oxygen atoms in total. The number of amides is 2. The van der Waals surface area contributed by atoms with Crippen molar-refractivity contribution in [2.75, 3.05) is 6.54 Å². The third kappa shape index (κ3) is 2.51. The molecule has 0 aromatic rings. The predicted molar refractivity (Wildman–Crippen MR) is 65.3 cm³/mol. The maximum Gasteiger partial charge on any atom is 0.246 e. The molecule has 0 bridgehead atoms. The van der Waals surface area contributed by atoms with Crippen LogP contribution in [0.25, 0.3) is 0 Å². The van der Waals surface area contributed by atoms with E-state index >= 15 is 0 Å². The standard InChI is InChI=1S/C13H20N2O2/c1-9(2)12-13(17)15(8-11(16)14-12)10-6-4-3-5-7-10/h3-4,9-10,12H,5-8H2,1-2H3,(H,14,16). The van der Waals surface area contributed by atoms with Gasteiger partial charge in [-0.3, -0.25) is 9.59 Å². The van der Waals surface area contributed by atoms with Crippen molar-refractivity contribution in [2.45, 2.75) is 45.2 Å². The largest absolute Gasteiger partial charge is 0.343 e. The first-order valence-electron chi connectivity index (χ1n) is 6.34. The van der Waals surface area contributed by atoms with Crippen LogP contribution >= 0.6 is 0 Å². The van der Waals surface area contributed by atoms with Crippen LogP contribution in [0.15, 0.2) is 12.2 Å². The molecule has 2 rings (SSSR count). The van der Waals surface area contributed by atoms with Crippen LogP contribution in [-0.2, 0) is 9.59 Å². The molecule has 1 N–H and O–H groups in total. The Morgan fingerprint density at radius 1 is 1.35 bits per heavy atom. The van der Waals surface area contributed by atoms with E-state index in [2.05, 4.69) is 17.5 Å². The topological polar surface area (TPSA) is 49.4 Å². The summed E-state index contributed by atoms with van der Waals surface area (Å²) in [7, 11) is 0. The highest BCUT2D eigenvalue weighted by atomic mass is 16.2. The van der Waals surface area contributed by atoms with Gasteiger partial charge in [-0.1, -0.05) is 26.0 Å². The Morgan fingerprint density at radius 3 is 2.71 bits per heavy atom. The first-order chi connectivity index (χ1) is 8.09. The first kappa shape index (κ1) is 12.1. The van der Waals surface area contributed by atoms with Crippen LogP contribution in [0.5, 0.6) is 0 Å². The van der Waals surface area contributed by atoms with Gasteiger partial charge in [-0.2, -0.15) is 0 Å². The average molecular weight is 236 g/mol. The van der Waals surface area contributed by atoms with Crippen molar-refractivity contribution in [2.24, 2.45) is 5.92 Å². The molecule has 2 atom stereocenters. The lowest BCUT2D eigenvalue weighted by molar-refractivity contribution is -0.148. The van der Waals surface area contributed by atoms with E-state index in [9.17, 15) is 9.59 Å². The van der Waals surface area contributed by atoms with Crippen LogP contribution in [0, 0.1) is 5.92 Å². The van der Waals surface area contributed by atoms with E-state index in [4.69, 9.17) is 0 Å². The van der Waals surface area contributed by atoms with Gasteiger partial charge in [-0.25, -0.2) is 0 Å². The van der Waals surface area contributed by atoms with Gasteiger partial charge in [-0.05, 0) is 25.2 Å². The molecule has 94 valence electrons. The second-order valence-corrected chi connectivity index (χ2v) is 5.19. The molecule has 1 fully saturated rings. The van der Waals surface area contributed by atoms with Crippen LogP contribution in [0.1, 0.15) is 33.1 Å². The second-order valence-electron chi connectivity index (χ2n) is 5.19. The maximum absolute atomic E-state index is 12.3. The van der Waals surface area contributed by atoms with Crippen molar-refractivity contribution in [1.82, 2.24) is 10.2 Å². The quantitative estimate of drug-likeness (QED) is 0.729. The second kappa shape index (κ2) is 4.90. The smallest absolute Gasteiger partial charge is 0.246 e. The monoisotopic (exact) mass is 236 g/mol. The number of carbonyl (C=O) groups is 2. The van der Waals surface area contributed by atoms with Crippen molar-refractivity contribution in [3.8, 4) is 0 Å². The van der Waals surface area contributed by atoms with Gasteiger partial charge in [0.05, 0.1) is 6.54 Å². The van der Waals surface area contributed by atoms with E-state index < -0.39 is 0 Å². The summed E-state index contributed by atoms with van der Waals surface area (Å²) >= 11 is 0. The molecular formula is C13H20N2O2. The molecule has 0 aromatic heterocycles.